The normalized spacial score (nSPS) is 10.5. The first-order chi connectivity index (χ1) is 12.6. The van der Waals surface area contributed by atoms with Gasteiger partial charge in [-0.05, 0) is 32.0 Å². The van der Waals surface area contributed by atoms with Gasteiger partial charge in [0.1, 0.15) is 6.54 Å². The van der Waals surface area contributed by atoms with Crippen molar-refractivity contribution in [2.24, 2.45) is 0 Å². The molecule has 3 rings (SSSR count). The van der Waals surface area contributed by atoms with E-state index in [9.17, 15) is 4.79 Å². The number of rotatable bonds is 6. The molecule has 0 N–H and O–H groups in total. The summed E-state index contributed by atoms with van der Waals surface area (Å²) in [6.45, 7) is 8.36. The van der Waals surface area contributed by atoms with E-state index in [1.54, 1.807) is 11.0 Å². The highest BCUT2D eigenvalue weighted by molar-refractivity contribution is 5.94. The molecule has 0 radical (unpaired) electrons. The van der Waals surface area contributed by atoms with Gasteiger partial charge in [0.15, 0.2) is 0 Å². The fraction of sp³-hybridized carbons (Fsp3) is 0.190. The van der Waals surface area contributed by atoms with Crippen LogP contribution < -0.4 is 0 Å². The summed E-state index contributed by atoms with van der Waals surface area (Å²) >= 11 is 0. The second kappa shape index (κ2) is 7.78. The van der Waals surface area contributed by atoms with Crippen LogP contribution >= 0.6 is 0 Å². The number of carbonyl (C=O) groups is 1. The van der Waals surface area contributed by atoms with Crippen molar-refractivity contribution in [2.75, 3.05) is 6.54 Å². The third kappa shape index (κ3) is 4.06. The maximum absolute atomic E-state index is 12.8. The fourth-order valence-electron chi connectivity index (χ4n) is 2.64. The Bertz CT molecular complexity index is 913. The Morgan fingerprint density at radius 2 is 1.92 bits per heavy atom. The van der Waals surface area contributed by atoms with Gasteiger partial charge in [0.05, 0.1) is 0 Å². The van der Waals surface area contributed by atoms with Crippen molar-refractivity contribution in [3.8, 4) is 11.4 Å². The third-order valence-corrected chi connectivity index (χ3v) is 4.01. The van der Waals surface area contributed by atoms with Gasteiger partial charge in [-0.25, -0.2) is 0 Å². The Morgan fingerprint density at radius 1 is 1.15 bits per heavy atom. The van der Waals surface area contributed by atoms with Gasteiger partial charge in [-0.2, -0.15) is 4.98 Å². The molecule has 0 bridgehead atoms. The molecular formula is C21H21N3O2. The van der Waals surface area contributed by atoms with Crippen LogP contribution in [0.3, 0.4) is 0 Å². The lowest BCUT2D eigenvalue weighted by Gasteiger charge is -2.19. The molecule has 5 heteroatoms. The van der Waals surface area contributed by atoms with Crippen LogP contribution in [0.4, 0.5) is 0 Å². The molecule has 3 aromatic rings. The first-order valence-corrected chi connectivity index (χ1v) is 8.43. The second-order valence-corrected chi connectivity index (χ2v) is 6.22. The van der Waals surface area contributed by atoms with Gasteiger partial charge in [-0.15, -0.1) is 6.58 Å². The maximum Gasteiger partial charge on any atom is 0.254 e. The van der Waals surface area contributed by atoms with Crippen molar-refractivity contribution in [1.82, 2.24) is 15.0 Å². The number of hydrogen-bond donors (Lipinski definition) is 0. The van der Waals surface area contributed by atoms with E-state index in [1.165, 1.54) is 0 Å². The van der Waals surface area contributed by atoms with Gasteiger partial charge in [0.2, 0.25) is 11.7 Å². The lowest BCUT2D eigenvalue weighted by Crippen LogP contribution is -2.30. The summed E-state index contributed by atoms with van der Waals surface area (Å²) in [4.78, 5) is 18.8. The molecule has 0 aliphatic heterocycles. The van der Waals surface area contributed by atoms with E-state index in [4.69, 9.17) is 4.52 Å². The van der Waals surface area contributed by atoms with Crippen LogP contribution in [0.2, 0.25) is 0 Å². The standard InChI is InChI=1S/C21H21N3O2/c1-4-12-24(21(25)17-10-8-15(2)9-11-17)14-19-22-20(23-26-19)18-7-5-6-16(3)13-18/h4-11,13H,1,12,14H2,2-3H3. The van der Waals surface area contributed by atoms with E-state index in [0.717, 1.165) is 16.7 Å². The zero-order chi connectivity index (χ0) is 18.5. The summed E-state index contributed by atoms with van der Waals surface area (Å²) in [5.74, 6) is 0.814. The van der Waals surface area contributed by atoms with Crippen LogP contribution in [0.25, 0.3) is 11.4 Å². The van der Waals surface area contributed by atoms with E-state index in [2.05, 4.69) is 16.7 Å². The molecular weight excluding hydrogens is 326 g/mol. The highest BCUT2D eigenvalue weighted by Crippen LogP contribution is 2.18. The molecule has 132 valence electrons. The first-order valence-electron chi connectivity index (χ1n) is 8.43. The van der Waals surface area contributed by atoms with Crippen molar-refractivity contribution < 1.29 is 9.32 Å². The van der Waals surface area contributed by atoms with Gasteiger partial charge >= 0.3 is 0 Å². The Labute approximate surface area is 153 Å². The predicted molar refractivity (Wildman–Crippen MR) is 101 cm³/mol. The van der Waals surface area contributed by atoms with Crippen molar-refractivity contribution in [1.29, 1.82) is 0 Å². The van der Waals surface area contributed by atoms with Crippen LogP contribution in [0.1, 0.15) is 27.4 Å². The summed E-state index contributed by atoms with van der Waals surface area (Å²) in [6.07, 6.45) is 1.68. The quantitative estimate of drug-likeness (QED) is 0.628. The van der Waals surface area contributed by atoms with E-state index < -0.39 is 0 Å². The molecule has 1 heterocycles. The SMILES string of the molecule is C=CCN(Cc1nc(-c2cccc(C)c2)no1)C(=O)c1ccc(C)cc1. The number of hydrogen-bond acceptors (Lipinski definition) is 4. The molecule has 0 aliphatic rings. The van der Waals surface area contributed by atoms with Crippen molar-refractivity contribution in [2.45, 2.75) is 20.4 Å². The molecule has 5 nitrogen and oxygen atoms in total. The minimum Gasteiger partial charge on any atom is -0.337 e. The van der Waals surface area contributed by atoms with Gasteiger partial charge in [-0.3, -0.25) is 4.79 Å². The average molecular weight is 347 g/mol. The van der Waals surface area contributed by atoms with Crippen LogP contribution in [-0.2, 0) is 6.54 Å². The Hall–Kier alpha value is -3.21. The lowest BCUT2D eigenvalue weighted by molar-refractivity contribution is 0.0745. The number of nitrogens with zero attached hydrogens (tertiary/aromatic N) is 3. The van der Waals surface area contributed by atoms with Crippen molar-refractivity contribution in [3.05, 3.63) is 83.8 Å². The van der Waals surface area contributed by atoms with Gasteiger partial charge in [-0.1, -0.05) is 52.7 Å². The Morgan fingerprint density at radius 3 is 2.62 bits per heavy atom. The summed E-state index contributed by atoms with van der Waals surface area (Å²) < 4.78 is 5.35. The first kappa shape index (κ1) is 17.6. The Kier molecular flexibility index (Phi) is 5.27. The smallest absolute Gasteiger partial charge is 0.254 e. The molecule has 1 aromatic heterocycles. The van der Waals surface area contributed by atoms with E-state index in [0.29, 0.717) is 23.8 Å². The number of carbonyl (C=O) groups excluding carboxylic acids is 1. The number of aromatic nitrogens is 2. The van der Waals surface area contributed by atoms with Crippen LogP contribution in [0, 0.1) is 13.8 Å². The average Bonchev–Trinajstić information content (AvgIpc) is 3.10. The topological polar surface area (TPSA) is 59.2 Å². The van der Waals surface area contributed by atoms with Crippen molar-refractivity contribution in [3.63, 3.8) is 0 Å². The third-order valence-electron chi connectivity index (χ3n) is 4.01. The van der Waals surface area contributed by atoms with Crippen LogP contribution in [0.5, 0.6) is 0 Å². The summed E-state index contributed by atoms with van der Waals surface area (Å²) in [6, 6.07) is 15.4. The maximum atomic E-state index is 12.8. The van der Waals surface area contributed by atoms with Crippen LogP contribution in [-0.4, -0.2) is 27.5 Å². The highest BCUT2D eigenvalue weighted by atomic mass is 16.5. The molecule has 2 aromatic carbocycles. The number of amides is 1. The predicted octanol–water partition coefficient (Wildman–Crippen LogP) is 4.18. The van der Waals surface area contributed by atoms with E-state index in [1.807, 2.05) is 62.4 Å². The molecule has 26 heavy (non-hydrogen) atoms. The molecule has 0 saturated carbocycles. The zero-order valence-electron chi connectivity index (χ0n) is 15.0. The largest absolute Gasteiger partial charge is 0.337 e. The molecule has 0 atom stereocenters. The van der Waals surface area contributed by atoms with Crippen LogP contribution in [0.15, 0.2) is 65.7 Å². The van der Waals surface area contributed by atoms with E-state index in [-0.39, 0.29) is 12.5 Å². The minimum atomic E-state index is -0.0970. The molecule has 0 aliphatic carbocycles. The fourth-order valence-corrected chi connectivity index (χ4v) is 2.64. The monoisotopic (exact) mass is 347 g/mol. The molecule has 1 amide bonds. The lowest BCUT2D eigenvalue weighted by atomic mass is 10.1. The molecule has 0 spiro atoms. The van der Waals surface area contributed by atoms with Gasteiger partial charge in [0.25, 0.3) is 5.91 Å². The molecule has 0 saturated heterocycles. The number of aryl methyl sites for hydroxylation is 2. The zero-order valence-corrected chi connectivity index (χ0v) is 15.0. The van der Waals surface area contributed by atoms with Gasteiger partial charge in [0, 0.05) is 17.7 Å². The Balaban J connectivity index is 1.79. The molecule has 0 fully saturated rings. The number of benzene rings is 2. The summed E-state index contributed by atoms with van der Waals surface area (Å²) in [7, 11) is 0. The summed E-state index contributed by atoms with van der Waals surface area (Å²) in [5.41, 5.74) is 3.74. The van der Waals surface area contributed by atoms with Gasteiger partial charge < -0.3 is 9.42 Å². The second-order valence-electron chi connectivity index (χ2n) is 6.22. The van der Waals surface area contributed by atoms with E-state index >= 15 is 0 Å². The highest BCUT2D eigenvalue weighted by Gasteiger charge is 2.18. The summed E-state index contributed by atoms with van der Waals surface area (Å²) in [5, 5.41) is 4.03. The van der Waals surface area contributed by atoms with Crippen molar-refractivity contribution >= 4 is 5.91 Å². The minimum absolute atomic E-state index is 0.0970. The molecule has 0 unspecified atom stereocenters.